The van der Waals surface area contributed by atoms with Crippen molar-refractivity contribution in [3.63, 3.8) is 0 Å². The third kappa shape index (κ3) is 13.4. The van der Waals surface area contributed by atoms with Crippen molar-refractivity contribution in [2.45, 2.75) is 159 Å². The first-order valence-electron chi connectivity index (χ1n) is 28.9. The molecule has 3 aromatic heterocycles. The summed E-state index contributed by atoms with van der Waals surface area (Å²) in [4.78, 5) is 42.7. The molecule has 0 unspecified atom stereocenters. The van der Waals surface area contributed by atoms with Gasteiger partial charge in [-0.05, 0) is 129 Å². The third-order valence-corrected chi connectivity index (χ3v) is 17.9. The van der Waals surface area contributed by atoms with E-state index in [2.05, 4.69) is 86.3 Å². The van der Waals surface area contributed by atoms with Crippen molar-refractivity contribution in [3.8, 4) is 23.0 Å². The number of aliphatic hydroxyl groups is 1. The first-order valence-corrected chi connectivity index (χ1v) is 28.9. The molecular formula is C66H72F7N6O12Pd-. The van der Waals surface area contributed by atoms with E-state index in [0.29, 0.717) is 42.4 Å². The summed E-state index contributed by atoms with van der Waals surface area (Å²) in [6, 6.07) is 24.0. The van der Waals surface area contributed by atoms with Crippen LogP contribution in [0.3, 0.4) is 0 Å². The standard InChI is InChI=1S/C25H22F3NO3.C13H13FN2O2.C13H15FN2.C11H8F2O4.C2H6O.CH2O2.CH3.H3N.Pd/c1-23(2)7-8-29-18-13-17(26)14(9-15(18)10-21(23)29)11-22(30)24(5-6-24)16-3-4-19-20(12-16)32-25(27,28)31-19;1-13(2)3-4-15-10-7-9(14)11(16(17)18)5-8(10)6-12(13)15;1-13(2)3-4-16-11-7-9(14)10(15)5-8(11)6-12(13)16;12-11(13)16-7-2-1-6(5-8(7)17-11)10(3-4-10)9(14)15;1-2-3;2-1-3;;;/h3-4,9-10,12-13H,5-8,11H2,1-2H3;5-7H,3-4H2,1-2H3;5-7H,3-4,15H2,1-2H3;1-2,5H,3-4H2,(H,14,15);3H,2H2,1H3;1H,(H,2,3);2*1H3;/q;;;;;;-1;;. The van der Waals surface area contributed by atoms with Crippen LogP contribution in [0.15, 0.2) is 91.0 Å². The number of carboxylic acid groups (broad SMARTS) is 2. The Labute approximate surface area is 538 Å². The molecule has 0 bridgehead atoms. The summed E-state index contributed by atoms with van der Waals surface area (Å²) in [5.74, 6) is -2.85. The normalized spacial score (nSPS) is 18.2. The van der Waals surface area contributed by atoms with Crippen molar-refractivity contribution in [1.82, 2.24) is 19.9 Å². The number of hydrogen-bond donors (Lipinski definition) is 4. The average Bonchev–Trinajstić information content (AvgIpc) is 1.62. The van der Waals surface area contributed by atoms with Gasteiger partial charge in [0.05, 0.1) is 38.0 Å². The van der Waals surface area contributed by atoms with Gasteiger partial charge in [0.15, 0.2) is 23.0 Å². The average molecular weight is 1380 g/mol. The van der Waals surface area contributed by atoms with Crippen LogP contribution in [0.2, 0.25) is 0 Å². The maximum absolute atomic E-state index is 15.0. The number of aromatic nitrogens is 3. The van der Waals surface area contributed by atoms with Crippen molar-refractivity contribution >= 4 is 62.3 Å². The molecule has 5 aromatic carbocycles. The van der Waals surface area contributed by atoms with Gasteiger partial charge in [0.1, 0.15) is 17.4 Å². The smallest absolute Gasteiger partial charge is 0.554 e. The number of carbonyl (C=O) groups is 3. The van der Waals surface area contributed by atoms with Crippen molar-refractivity contribution < 1.29 is 105 Å². The molecule has 2 aliphatic carbocycles. The van der Waals surface area contributed by atoms with Gasteiger partial charge in [-0.3, -0.25) is 19.7 Å². The number of ether oxygens (including phenoxy) is 4. The van der Waals surface area contributed by atoms with Gasteiger partial charge in [-0.15, -0.1) is 17.6 Å². The molecule has 7 aliphatic rings. The number of fused-ring (bicyclic) bond motifs is 11. The van der Waals surface area contributed by atoms with Crippen LogP contribution in [0.4, 0.5) is 42.1 Å². The number of aryl methyl sites for hydroxylation is 3. The molecule has 498 valence electrons. The molecule has 8 aromatic rings. The fourth-order valence-corrected chi connectivity index (χ4v) is 12.6. The number of aliphatic carboxylic acids is 1. The number of benzene rings is 5. The summed E-state index contributed by atoms with van der Waals surface area (Å²) < 4.78 is 118. The van der Waals surface area contributed by atoms with Crippen molar-refractivity contribution in [3.05, 3.63) is 160 Å². The van der Waals surface area contributed by atoms with E-state index in [1.807, 2.05) is 6.07 Å². The van der Waals surface area contributed by atoms with E-state index in [9.17, 15) is 46.0 Å². The summed E-state index contributed by atoms with van der Waals surface area (Å²) in [6.07, 6.45) is -2.05. The number of rotatable bonds is 7. The van der Waals surface area contributed by atoms with E-state index in [0.717, 1.165) is 77.3 Å². The minimum absolute atomic E-state index is 0. The SMILES string of the molecule is CC1(C)CCn2c1cc1cc(CC(=O)C3(c4ccc5c(c4)OC(F)(F)O5)CC3)c(F)cc12.CC1(C)CCn2c1cc1cc(N)c(F)cc12.CC1(C)CCn2c1cc1cc([N+](=O)[O-])c(F)cc12.CCO.O=C(O)C1(c2ccc3c(c2)OC(F)(F)O3)CC1.O=C[O-].[CH3-].[NH4+].[Pd]. The Morgan fingerprint density at radius 3 is 1.35 bits per heavy atom. The number of anilines is 1. The largest absolute Gasteiger partial charge is 0.586 e. The number of nitrogens with two attached hydrogens (primary N) is 1. The fourth-order valence-electron chi connectivity index (χ4n) is 12.6. The van der Waals surface area contributed by atoms with Gasteiger partial charge in [0.2, 0.25) is 5.82 Å². The Bertz CT molecular complexity index is 4170. The summed E-state index contributed by atoms with van der Waals surface area (Å²) >= 11 is 0. The Kier molecular flexibility index (Phi) is 19.9. The molecule has 2 fully saturated rings. The Morgan fingerprint density at radius 1 is 0.598 bits per heavy atom. The molecular weight excluding hydrogens is 1310 g/mol. The number of halogens is 7. The van der Waals surface area contributed by atoms with Gasteiger partial charge in [-0.1, -0.05) is 53.7 Å². The quantitative estimate of drug-likeness (QED) is 0.0220. The maximum Gasteiger partial charge on any atom is 0.586 e. The zero-order valence-electron chi connectivity index (χ0n) is 52.0. The number of nitrogen functional groups attached to an aromatic ring is 1. The number of carbonyl (C=O) groups excluding carboxylic acids is 2. The monoisotopic (exact) mass is 1380 g/mol. The molecule has 0 amide bonds. The van der Waals surface area contributed by atoms with E-state index in [1.54, 1.807) is 31.2 Å². The Hall–Kier alpha value is -8.18. The molecule has 18 nitrogen and oxygen atoms in total. The van der Waals surface area contributed by atoms with Gasteiger partial charge in [0, 0.05) is 127 Å². The number of carboxylic acids is 1. The molecule has 8 N–H and O–H groups in total. The second-order valence-electron chi connectivity index (χ2n) is 25.1. The van der Waals surface area contributed by atoms with Crippen LogP contribution in [0.5, 0.6) is 23.0 Å². The van der Waals surface area contributed by atoms with Gasteiger partial charge < -0.3 is 72.1 Å². The second-order valence-corrected chi connectivity index (χ2v) is 25.1. The number of quaternary nitrogens is 1. The number of ketones is 1. The maximum atomic E-state index is 15.0. The van der Waals surface area contributed by atoms with E-state index in [1.165, 1.54) is 59.9 Å². The van der Waals surface area contributed by atoms with Gasteiger partial charge >= 0.3 is 24.2 Å². The van der Waals surface area contributed by atoms with Crippen LogP contribution in [0, 0.1) is 35.0 Å². The fraction of sp³-hybridized carbons (Fsp3) is 0.394. The minimum atomic E-state index is -3.70. The predicted molar refractivity (Wildman–Crippen MR) is 324 cm³/mol. The van der Waals surface area contributed by atoms with Crippen LogP contribution in [0.1, 0.15) is 127 Å². The van der Waals surface area contributed by atoms with E-state index < -0.39 is 58.1 Å². The molecule has 0 saturated heterocycles. The number of hydrogen-bond acceptors (Lipinski definition) is 12. The van der Waals surface area contributed by atoms with Crippen LogP contribution >= 0.6 is 0 Å². The summed E-state index contributed by atoms with van der Waals surface area (Å²) in [5, 5.41) is 38.4. The van der Waals surface area contributed by atoms with Crippen molar-refractivity contribution in [2.24, 2.45) is 0 Å². The molecule has 8 heterocycles. The molecule has 2 saturated carbocycles. The molecule has 0 atom stereocenters. The number of aliphatic hydroxyl groups excluding tert-OH is 1. The van der Waals surface area contributed by atoms with E-state index in [4.69, 9.17) is 25.8 Å². The first kappa shape index (κ1) is 71.3. The molecule has 0 radical (unpaired) electrons. The van der Waals surface area contributed by atoms with Crippen LogP contribution in [0.25, 0.3) is 32.7 Å². The number of Topliss-reactive ketones (excluding diaryl/α,β-unsaturated/α-hetero) is 1. The van der Waals surface area contributed by atoms with Crippen LogP contribution < -0.4 is 35.9 Å². The number of nitro groups is 1. The zero-order valence-corrected chi connectivity index (χ0v) is 53.6. The topological polar surface area (TPSA) is 272 Å². The van der Waals surface area contributed by atoms with Crippen molar-refractivity contribution in [1.29, 1.82) is 0 Å². The number of nitrogens with zero attached hydrogens (tertiary/aromatic N) is 4. The van der Waals surface area contributed by atoms with E-state index >= 15 is 4.39 Å². The molecule has 26 heteroatoms. The van der Waals surface area contributed by atoms with E-state index in [-0.39, 0.29) is 104 Å². The van der Waals surface area contributed by atoms with Gasteiger partial charge in [-0.25, -0.2) is 8.78 Å². The molecule has 15 rings (SSSR count). The summed E-state index contributed by atoms with van der Waals surface area (Å²) in [7, 11) is 0. The van der Waals surface area contributed by atoms with Crippen LogP contribution in [-0.2, 0) is 87.9 Å². The second kappa shape index (κ2) is 25.7. The molecule has 92 heavy (non-hydrogen) atoms. The van der Waals surface area contributed by atoms with Crippen molar-refractivity contribution in [2.75, 3.05) is 12.3 Å². The molecule has 0 spiro atoms. The first-order chi connectivity index (χ1) is 41.7. The van der Waals surface area contributed by atoms with Gasteiger partial charge in [0.25, 0.3) is 0 Å². The minimum Gasteiger partial charge on any atom is -0.554 e. The Balaban J connectivity index is 0.000000174. The predicted octanol–water partition coefficient (Wildman–Crippen LogP) is 13.4. The number of nitro benzene ring substituents is 1. The Morgan fingerprint density at radius 2 is 0.957 bits per heavy atom. The summed E-state index contributed by atoms with van der Waals surface area (Å²) in [6.45, 7) is 17.2. The van der Waals surface area contributed by atoms with Crippen LogP contribution in [-0.4, -0.2) is 66.3 Å². The number of alkyl halides is 4. The summed E-state index contributed by atoms with van der Waals surface area (Å²) in [5.41, 5.74) is 11.5. The molecule has 5 aliphatic heterocycles. The zero-order chi connectivity index (χ0) is 64.7. The third-order valence-electron chi connectivity index (χ3n) is 17.9. The van der Waals surface area contributed by atoms with Gasteiger partial charge in [-0.2, -0.15) is 4.39 Å².